The molecule has 0 aromatic rings. The van der Waals surface area contributed by atoms with Crippen LogP contribution in [0, 0.1) is 5.41 Å². The monoisotopic (exact) mass is 929 g/mol. The minimum atomic E-state index is -3.85. The molecule has 0 aliphatic heterocycles. The second kappa shape index (κ2) is 44.3. The van der Waals surface area contributed by atoms with Crippen molar-refractivity contribution in [3.63, 3.8) is 0 Å². The molecule has 1 unspecified atom stereocenters. The molecular formula is C55H108O8S. The zero-order valence-electron chi connectivity index (χ0n) is 42.7. The lowest BCUT2D eigenvalue weighted by molar-refractivity contribution is -0.206. The van der Waals surface area contributed by atoms with Crippen LogP contribution in [0.3, 0.4) is 0 Å². The number of hydrogen-bond acceptors (Lipinski definition) is 5. The van der Waals surface area contributed by atoms with Gasteiger partial charge in [-0.25, -0.2) is 4.79 Å². The Balaban J connectivity index is 5.67. The van der Waals surface area contributed by atoms with Crippen LogP contribution in [0.15, 0.2) is 0 Å². The number of rotatable bonds is 53. The van der Waals surface area contributed by atoms with E-state index in [1.165, 1.54) is 141 Å². The van der Waals surface area contributed by atoms with E-state index >= 15 is 0 Å². The largest absolute Gasteiger partial charge is 0.481 e. The number of carboxylic acid groups (broad SMARTS) is 2. The van der Waals surface area contributed by atoms with E-state index in [1.54, 1.807) is 0 Å². The van der Waals surface area contributed by atoms with Gasteiger partial charge >= 0.3 is 11.9 Å². The Kier molecular flexibility index (Phi) is 43.5. The summed E-state index contributed by atoms with van der Waals surface area (Å²) in [5.41, 5.74) is -3.18. The molecule has 0 aliphatic rings. The second-order valence-corrected chi connectivity index (χ2v) is 21.6. The first kappa shape index (κ1) is 62.8. The number of ether oxygens (including phenoxy) is 1. The van der Waals surface area contributed by atoms with Crippen molar-refractivity contribution < 1.29 is 37.5 Å². The van der Waals surface area contributed by atoms with Crippen molar-refractivity contribution in [1.29, 1.82) is 0 Å². The Labute approximate surface area is 397 Å². The quantitative estimate of drug-likeness (QED) is 0.0405. The molecule has 0 heterocycles. The predicted molar refractivity (Wildman–Crippen MR) is 272 cm³/mol. The molecular weight excluding hydrogens is 821 g/mol. The number of carboxylic acids is 2. The summed E-state index contributed by atoms with van der Waals surface area (Å²) in [4.78, 5) is 27.7. The Hall–Kier alpha value is -1.19. The molecule has 382 valence electrons. The van der Waals surface area contributed by atoms with Gasteiger partial charge < -0.3 is 14.9 Å². The summed E-state index contributed by atoms with van der Waals surface area (Å²) in [5, 5.41) is 22.6. The van der Waals surface area contributed by atoms with Crippen LogP contribution in [-0.4, -0.2) is 53.1 Å². The van der Waals surface area contributed by atoms with Crippen LogP contribution in [0.4, 0.5) is 0 Å². The Morgan fingerprint density at radius 1 is 0.359 bits per heavy atom. The fourth-order valence-electron chi connectivity index (χ4n) is 10.0. The summed E-state index contributed by atoms with van der Waals surface area (Å²) in [6, 6.07) is 0. The molecule has 0 spiro atoms. The van der Waals surface area contributed by atoms with E-state index in [9.17, 15) is 28.2 Å². The van der Waals surface area contributed by atoms with E-state index in [0.717, 1.165) is 122 Å². The highest BCUT2D eigenvalue weighted by Crippen LogP contribution is 2.48. The SMILES string of the molecule is CCCCCCCCCCCCOC(CCCCCCCCCCCCCCCS(=O)(=O)O)(C(=O)O)C(CCCCCCCCCCCC)(CCCCCCCCCCCC)C(=O)O. The van der Waals surface area contributed by atoms with E-state index in [2.05, 4.69) is 20.8 Å². The van der Waals surface area contributed by atoms with Crippen LogP contribution in [0.5, 0.6) is 0 Å². The molecule has 0 rings (SSSR count). The number of unbranched alkanes of at least 4 members (excludes halogenated alkanes) is 39. The van der Waals surface area contributed by atoms with Gasteiger partial charge in [0.25, 0.3) is 10.1 Å². The van der Waals surface area contributed by atoms with Crippen molar-refractivity contribution >= 4 is 22.1 Å². The first-order chi connectivity index (χ1) is 31.0. The fourth-order valence-corrected chi connectivity index (χ4v) is 10.6. The van der Waals surface area contributed by atoms with Gasteiger partial charge in [0.1, 0.15) is 5.41 Å². The van der Waals surface area contributed by atoms with Gasteiger partial charge in [-0.05, 0) is 38.5 Å². The predicted octanol–water partition coefficient (Wildman–Crippen LogP) is 17.8. The third kappa shape index (κ3) is 34.2. The highest BCUT2D eigenvalue weighted by Gasteiger charge is 2.61. The van der Waals surface area contributed by atoms with E-state index in [0.29, 0.717) is 32.3 Å². The van der Waals surface area contributed by atoms with E-state index in [-0.39, 0.29) is 12.2 Å². The van der Waals surface area contributed by atoms with Crippen molar-refractivity contribution in [2.45, 2.75) is 322 Å². The van der Waals surface area contributed by atoms with Crippen LogP contribution in [0.1, 0.15) is 316 Å². The molecule has 0 bridgehead atoms. The van der Waals surface area contributed by atoms with Gasteiger partial charge in [-0.15, -0.1) is 0 Å². The zero-order valence-corrected chi connectivity index (χ0v) is 43.5. The molecule has 1 atom stereocenters. The number of carbonyl (C=O) groups is 2. The molecule has 0 aromatic heterocycles. The number of hydrogen-bond donors (Lipinski definition) is 3. The van der Waals surface area contributed by atoms with Crippen molar-refractivity contribution in [1.82, 2.24) is 0 Å². The highest BCUT2D eigenvalue weighted by atomic mass is 32.2. The minimum Gasteiger partial charge on any atom is -0.481 e. The Morgan fingerprint density at radius 3 is 0.875 bits per heavy atom. The van der Waals surface area contributed by atoms with Crippen molar-refractivity contribution in [2.24, 2.45) is 5.41 Å². The summed E-state index contributed by atoms with van der Waals surface area (Å²) >= 11 is 0. The molecule has 0 amide bonds. The maximum atomic E-state index is 13.9. The topological polar surface area (TPSA) is 138 Å². The smallest absolute Gasteiger partial charge is 0.337 e. The maximum absolute atomic E-state index is 13.9. The van der Waals surface area contributed by atoms with Gasteiger partial charge in [0.05, 0.1) is 5.75 Å². The normalized spacial score (nSPS) is 13.1. The lowest BCUT2D eigenvalue weighted by atomic mass is 9.63. The van der Waals surface area contributed by atoms with E-state index in [1.807, 2.05) is 0 Å². The molecule has 3 N–H and O–H groups in total. The van der Waals surface area contributed by atoms with Crippen molar-refractivity contribution in [3.05, 3.63) is 0 Å². The van der Waals surface area contributed by atoms with E-state index < -0.39 is 33.1 Å². The van der Waals surface area contributed by atoms with Gasteiger partial charge in [0.2, 0.25) is 0 Å². The van der Waals surface area contributed by atoms with Crippen LogP contribution < -0.4 is 0 Å². The minimum absolute atomic E-state index is 0.143. The summed E-state index contributed by atoms with van der Waals surface area (Å²) < 4.78 is 37.3. The average Bonchev–Trinajstić information content (AvgIpc) is 3.26. The summed E-state index contributed by atoms with van der Waals surface area (Å²) in [6.07, 6.45) is 48.7. The highest BCUT2D eigenvalue weighted by molar-refractivity contribution is 7.85. The van der Waals surface area contributed by atoms with Gasteiger partial charge in [-0.2, -0.15) is 8.42 Å². The fraction of sp³-hybridized carbons (Fsp3) is 0.964. The van der Waals surface area contributed by atoms with Crippen LogP contribution >= 0.6 is 0 Å². The third-order valence-electron chi connectivity index (χ3n) is 14.2. The molecule has 0 saturated heterocycles. The summed E-state index contributed by atoms with van der Waals surface area (Å²) in [6.45, 7) is 7.04. The molecule has 0 fully saturated rings. The summed E-state index contributed by atoms with van der Waals surface area (Å²) in [7, 11) is -3.85. The molecule has 64 heavy (non-hydrogen) atoms. The van der Waals surface area contributed by atoms with E-state index in [4.69, 9.17) is 9.29 Å². The first-order valence-corrected chi connectivity index (χ1v) is 29.7. The first-order valence-electron chi connectivity index (χ1n) is 28.1. The molecule has 0 aliphatic carbocycles. The lowest BCUT2D eigenvalue weighted by Gasteiger charge is -2.45. The third-order valence-corrected chi connectivity index (χ3v) is 15.0. The van der Waals surface area contributed by atoms with Crippen molar-refractivity contribution in [2.75, 3.05) is 12.4 Å². The van der Waals surface area contributed by atoms with Gasteiger partial charge in [0.15, 0.2) is 5.60 Å². The molecule has 8 nitrogen and oxygen atoms in total. The Bertz CT molecular complexity index is 1120. The van der Waals surface area contributed by atoms with Crippen LogP contribution in [-0.2, 0) is 24.4 Å². The van der Waals surface area contributed by atoms with Gasteiger partial charge in [-0.3, -0.25) is 9.35 Å². The van der Waals surface area contributed by atoms with Crippen LogP contribution in [0.25, 0.3) is 0 Å². The van der Waals surface area contributed by atoms with Gasteiger partial charge in [0, 0.05) is 6.61 Å². The summed E-state index contributed by atoms with van der Waals surface area (Å²) in [5.74, 6) is -2.18. The molecule has 0 radical (unpaired) electrons. The Morgan fingerprint density at radius 2 is 0.609 bits per heavy atom. The zero-order chi connectivity index (χ0) is 47.3. The standard InChI is InChI=1S/C55H108O8S/c1-4-7-10-13-16-19-27-32-37-42-47-54(52(56)57,48-43-38-33-28-20-17-14-11-8-5-2)55(53(58)59,63-50-45-40-35-30-21-18-15-12-9-6-3)49-44-39-34-29-25-23-22-24-26-31-36-41-46-51-64(60,61)62/h4-51H2,1-3H3,(H,56,57)(H,58,59)(H,60,61,62). The molecule has 0 saturated carbocycles. The molecule has 9 heteroatoms. The average molecular weight is 930 g/mol. The lowest BCUT2D eigenvalue weighted by Crippen LogP contribution is -2.60. The second-order valence-electron chi connectivity index (χ2n) is 20.0. The van der Waals surface area contributed by atoms with Crippen LogP contribution in [0.2, 0.25) is 0 Å². The van der Waals surface area contributed by atoms with Crippen molar-refractivity contribution in [3.8, 4) is 0 Å². The van der Waals surface area contributed by atoms with Gasteiger partial charge in [-0.1, -0.05) is 278 Å². The maximum Gasteiger partial charge on any atom is 0.337 e. The molecule has 0 aromatic carbocycles. The number of aliphatic carboxylic acids is 2.